The number of hydrogen-bond acceptors (Lipinski definition) is 5. The van der Waals surface area contributed by atoms with Gasteiger partial charge in [-0.15, -0.1) is 0 Å². The van der Waals surface area contributed by atoms with E-state index in [4.69, 9.17) is 9.72 Å². The minimum Gasteiger partial charge on any atom is -0.489 e. The van der Waals surface area contributed by atoms with Gasteiger partial charge in [-0.3, -0.25) is 4.79 Å². The van der Waals surface area contributed by atoms with Crippen molar-refractivity contribution >= 4 is 17.4 Å². The van der Waals surface area contributed by atoms with Gasteiger partial charge in [-0.2, -0.15) is 0 Å². The fourth-order valence-corrected chi connectivity index (χ4v) is 3.73. The molecule has 0 saturated carbocycles. The average Bonchev–Trinajstić information content (AvgIpc) is 2.78. The summed E-state index contributed by atoms with van der Waals surface area (Å²) in [5.74, 6) is 2.18. The monoisotopic (exact) mass is 434 g/mol. The van der Waals surface area contributed by atoms with Gasteiger partial charge in [0.15, 0.2) is 5.82 Å². The topological polar surface area (TPSA) is 67.4 Å². The molecule has 1 aromatic heterocycles. The number of benzene rings is 2. The van der Waals surface area contributed by atoms with Crippen LogP contribution < -0.4 is 15.0 Å². The predicted octanol–water partition coefficient (Wildman–Crippen LogP) is 4.63. The number of nitrogens with one attached hydrogen (secondary N) is 1. The zero-order chi connectivity index (χ0) is 22.8. The van der Waals surface area contributed by atoms with Crippen molar-refractivity contribution in [2.45, 2.75) is 45.8 Å². The van der Waals surface area contributed by atoms with Crippen LogP contribution in [0.25, 0.3) is 0 Å². The highest BCUT2D eigenvalue weighted by molar-refractivity contribution is 6.02. The average molecular weight is 435 g/mol. The Hall–Kier alpha value is -3.48. The molecule has 6 nitrogen and oxygen atoms in total. The molecule has 0 saturated heterocycles. The largest absolute Gasteiger partial charge is 0.489 e. The summed E-state index contributed by atoms with van der Waals surface area (Å²) in [6, 6.07) is 14.0. The van der Waals surface area contributed by atoms with Gasteiger partial charge < -0.3 is 15.0 Å². The van der Waals surface area contributed by atoms with Crippen molar-refractivity contribution in [2.24, 2.45) is 0 Å². The summed E-state index contributed by atoms with van der Waals surface area (Å²) in [4.78, 5) is 23.4. The Morgan fingerprint density at radius 1 is 1.12 bits per heavy atom. The third kappa shape index (κ3) is 4.56. The number of carbonyl (C=O) groups excluding carboxylic acids is 1. The molecule has 32 heavy (non-hydrogen) atoms. The highest BCUT2D eigenvalue weighted by atomic mass is 19.1. The second-order valence-corrected chi connectivity index (χ2v) is 8.29. The molecule has 0 aliphatic carbocycles. The summed E-state index contributed by atoms with van der Waals surface area (Å²) in [5.41, 5.74) is 3.54. The maximum atomic E-state index is 13.0. The zero-order valence-corrected chi connectivity index (χ0v) is 18.7. The van der Waals surface area contributed by atoms with E-state index in [1.165, 1.54) is 12.1 Å². The van der Waals surface area contributed by atoms with Crippen LogP contribution in [0.4, 0.5) is 15.9 Å². The Bertz CT molecular complexity index is 1120. The van der Waals surface area contributed by atoms with Crippen molar-refractivity contribution in [3.05, 3.63) is 77.0 Å². The van der Waals surface area contributed by atoms with Crippen LogP contribution >= 0.6 is 0 Å². The number of hydrogen-bond donors (Lipinski definition) is 1. The molecule has 0 spiro atoms. The molecule has 4 rings (SSSR count). The molecular weight excluding hydrogens is 407 g/mol. The summed E-state index contributed by atoms with van der Waals surface area (Å²) >= 11 is 0. The first-order chi connectivity index (χ1) is 15.3. The fourth-order valence-electron chi connectivity index (χ4n) is 3.73. The van der Waals surface area contributed by atoms with E-state index < -0.39 is 0 Å². The normalized spacial score (nSPS) is 16.3. The number of halogens is 1. The Morgan fingerprint density at radius 2 is 1.81 bits per heavy atom. The number of rotatable bonds is 6. The van der Waals surface area contributed by atoms with E-state index in [2.05, 4.69) is 17.2 Å². The Morgan fingerprint density at radius 3 is 2.50 bits per heavy atom. The van der Waals surface area contributed by atoms with Gasteiger partial charge in [0.25, 0.3) is 0 Å². The van der Waals surface area contributed by atoms with Crippen LogP contribution in [0.5, 0.6) is 5.75 Å². The Kier molecular flexibility index (Phi) is 6.08. The van der Waals surface area contributed by atoms with E-state index in [1.807, 2.05) is 50.1 Å². The highest BCUT2D eigenvalue weighted by Crippen LogP contribution is 2.32. The van der Waals surface area contributed by atoms with Gasteiger partial charge in [-0.05, 0) is 55.2 Å². The molecule has 2 heterocycles. The van der Waals surface area contributed by atoms with Crippen molar-refractivity contribution in [3.63, 3.8) is 0 Å². The number of nitrogens with zero attached hydrogens (tertiary/aromatic N) is 3. The molecule has 0 radical (unpaired) electrons. The van der Waals surface area contributed by atoms with Gasteiger partial charge in [0.2, 0.25) is 5.91 Å². The summed E-state index contributed by atoms with van der Waals surface area (Å²) in [6.45, 7) is 6.28. The molecule has 2 atom stereocenters. The first-order valence-corrected chi connectivity index (χ1v) is 10.7. The predicted molar refractivity (Wildman–Crippen MR) is 123 cm³/mol. The maximum Gasteiger partial charge on any atom is 0.246 e. The van der Waals surface area contributed by atoms with E-state index >= 15 is 0 Å². The smallest absolute Gasteiger partial charge is 0.246 e. The molecule has 2 aromatic carbocycles. The molecule has 0 unspecified atom stereocenters. The van der Waals surface area contributed by atoms with Crippen molar-refractivity contribution in [1.82, 2.24) is 9.97 Å². The van der Waals surface area contributed by atoms with E-state index in [-0.39, 0.29) is 23.7 Å². The van der Waals surface area contributed by atoms with E-state index in [0.29, 0.717) is 18.7 Å². The highest BCUT2D eigenvalue weighted by Gasteiger charge is 2.30. The lowest BCUT2D eigenvalue weighted by atomic mass is 9.97. The van der Waals surface area contributed by atoms with E-state index in [1.54, 1.807) is 12.1 Å². The van der Waals surface area contributed by atoms with Gasteiger partial charge in [0, 0.05) is 13.5 Å². The van der Waals surface area contributed by atoms with Crippen LogP contribution in [0.15, 0.2) is 48.5 Å². The summed E-state index contributed by atoms with van der Waals surface area (Å²) in [5, 5.41) is 2.92. The zero-order valence-electron chi connectivity index (χ0n) is 18.7. The number of amides is 1. The number of aryl methyl sites for hydroxylation is 1. The second kappa shape index (κ2) is 8.94. The molecule has 166 valence electrons. The van der Waals surface area contributed by atoms with Crippen molar-refractivity contribution in [1.29, 1.82) is 0 Å². The summed E-state index contributed by atoms with van der Waals surface area (Å²) in [6.07, 6.45) is 0.681. The first-order valence-electron chi connectivity index (χ1n) is 10.7. The number of likely N-dealkylation sites (N-methyl/N-ethyl adjacent to an activating group) is 1. The van der Waals surface area contributed by atoms with E-state index in [0.717, 1.165) is 34.2 Å². The second-order valence-electron chi connectivity index (χ2n) is 8.29. The maximum absolute atomic E-state index is 13.0. The van der Waals surface area contributed by atoms with Crippen molar-refractivity contribution < 1.29 is 13.9 Å². The minimum atomic E-state index is -0.274. The van der Waals surface area contributed by atoms with E-state index in [9.17, 15) is 9.18 Å². The first kappa shape index (κ1) is 21.7. The van der Waals surface area contributed by atoms with Crippen molar-refractivity contribution in [3.8, 4) is 5.75 Å². The van der Waals surface area contributed by atoms with Crippen LogP contribution in [-0.2, 0) is 17.8 Å². The molecule has 1 amide bonds. The van der Waals surface area contributed by atoms with Gasteiger partial charge >= 0.3 is 0 Å². The molecule has 1 aliphatic heterocycles. The van der Waals surface area contributed by atoms with Gasteiger partial charge in [0.1, 0.15) is 35.7 Å². The fraction of sp³-hybridized carbons (Fsp3) is 0.320. The van der Waals surface area contributed by atoms with Crippen LogP contribution in [0.3, 0.4) is 0 Å². The van der Waals surface area contributed by atoms with Crippen LogP contribution in [-0.4, -0.2) is 29.0 Å². The number of ether oxygens (including phenoxy) is 1. The lowest BCUT2D eigenvalue weighted by Crippen LogP contribution is -2.45. The van der Waals surface area contributed by atoms with Gasteiger partial charge in [0.05, 0.1) is 5.69 Å². The number of fused-ring (bicyclic) bond motifs is 1. The van der Waals surface area contributed by atoms with Gasteiger partial charge in [-0.1, -0.05) is 31.2 Å². The molecule has 7 heteroatoms. The quantitative estimate of drug-likeness (QED) is 0.613. The molecule has 0 fully saturated rings. The summed E-state index contributed by atoms with van der Waals surface area (Å²) in [7, 11) is 1.88. The molecular formula is C25H27FN4O2. The summed E-state index contributed by atoms with van der Waals surface area (Å²) < 4.78 is 18.8. The number of carbonyl (C=O) groups is 1. The number of aromatic nitrogens is 2. The lowest BCUT2D eigenvalue weighted by molar-refractivity contribution is -0.117. The SMILES string of the molecule is Cc1nc(C[C@@H](C)c2ccc(OCc3ccc(F)cc3)cc2)nc2c1NC(=O)[C@H](C)N2C. The van der Waals surface area contributed by atoms with Gasteiger partial charge in [-0.25, -0.2) is 14.4 Å². The van der Waals surface area contributed by atoms with Crippen LogP contribution in [0, 0.1) is 12.7 Å². The standard InChI is InChI=1S/C25H27FN4O2/c1-15(13-22-27-16(2)23-24(28-22)30(4)17(3)25(31)29-23)19-7-11-21(12-8-19)32-14-18-5-9-20(26)10-6-18/h5-12,15,17H,13-14H2,1-4H3,(H,29,31)/t15-,17+/m1/s1. The van der Waals surface area contributed by atoms with Crippen molar-refractivity contribution in [2.75, 3.05) is 17.3 Å². The number of anilines is 2. The third-order valence-corrected chi connectivity index (χ3v) is 5.92. The molecule has 0 bridgehead atoms. The minimum absolute atomic E-state index is 0.0467. The van der Waals surface area contributed by atoms with Crippen LogP contribution in [0.2, 0.25) is 0 Å². The Balaban J connectivity index is 1.43. The molecule has 3 aromatic rings. The molecule has 1 aliphatic rings. The van der Waals surface area contributed by atoms with Crippen LogP contribution in [0.1, 0.15) is 42.4 Å². The lowest BCUT2D eigenvalue weighted by Gasteiger charge is -2.32. The third-order valence-electron chi connectivity index (χ3n) is 5.92. The molecule has 1 N–H and O–H groups in total. The Labute approximate surface area is 187 Å².